The molecule has 0 aliphatic heterocycles. The summed E-state index contributed by atoms with van der Waals surface area (Å²) in [5.41, 5.74) is 1.43. The number of aromatic nitrogens is 1. The van der Waals surface area contributed by atoms with Gasteiger partial charge in [-0.15, -0.1) is 0 Å². The average molecular weight is 208 g/mol. The Morgan fingerprint density at radius 3 is 2.40 bits per heavy atom. The van der Waals surface area contributed by atoms with Crippen LogP contribution >= 0.6 is 0 Å². The van der Waals surface area contributed by atoms with Gasteiger partial charge >= 0.3 is 0 Å². The van der Waals surface area contributed by atoms with E-state index in [4.69, 9.17) is 0 Å². The molecule has 1 heterocycles. The molecule has 3 nitrogen and oxygen atoms in total. The van der Waals surface area contributed by atoms with Crippen LogP contribution in [0.3, 0.4) is 0 Å². The highest BCUT2D eigenvalue weighted by Gasteiger charge is 2.06. The van der Waals surface area contributed by atoms with Crippen LogP contribution in [0.2, 0.25) is 0 Å². The predicted octanol–water partition coefficient (Wildman–Crippen LogP) is 2.59. The predicted molar refractivity (Wildman–Crippen MR) is 63.1 cm³/mol. The number of amides is 1. The van der Waals surface area contributed by atoms with Gasteiger partial charge in [0.25, 0.3) is 5.91 Å². The molecule has 15 heavy (non-hydrogen) atoms. The van der Waals surface area contributed by atoms with Crippen molar-refractivity contribution in [3.05, 3.63) is 29.6 Å². The fourth-order valence-corrected chi connectivity index (χ4v) is 1.03. The molecule has 0 saturated carbocycles. The Bertz CT molecular complexity index is 308. The summed E-state index contributed by atoms with van der Waals surface area (Å²) in [5.74, 6) is 0.215. The number of pyridine rings is 1. The lowest BCUT2D eigenvalue weighted by atomic mass is 10.1. The van der Waals surface area contributed by atoms with E-state index in [2.05, 4.69) is 24.1 Å². The van der Waals surface area contributed by atoms with Crippen LogP contribution in [0, 0.1) is 0 Å². The summed E-state index contributed by atoms with van der Waals surface area (Å²) in [6.07, 6.45) is 0. The Balaban J connectivity index is 0.000000921. The van der Waals surface area contributed by atoms with E-state index in [-0.39, 0.29) is 5.91 Å². The van der Waals surface area contributed by atoms with E-state index in [1.54, 1.807) is 13.1 Å². The lowest BCUT2D eigenvalue weighted by Crippen LogP contribution is -2.19. The first-order valence-corrected chi connectivity index (χ1v) is 5.34. The lowest BCUT2D eigenvalue weighted by molar-refractivity contribution is 0.0958. The van der Waals surface area contributed by atoms with Crippen molar-refractivity contribution >= 4 is 5.91 Å². The normalized spacial score (nSPS) is 9.20. The van der Waals surface area contributed by atoms with Crippen LogP contribution in [-0.4, -0.2) is 17.9 Å². The third-order valence-electron chi connectivity index (χ3n) is 1.82. The maximum atomic E-state index is 11.2. The zero-order chi connectivity index (χ0) is 11.8. The van der Waals surface area contributed by atoms with Crippen LogP contribution in [0.15, 0.2) is 18.2 Å². The van der Waals surface area contributed by atoms with Gasteiger partial charge in [-0.05, 0) is 18.1 Å². The fourth-order valence-electron chi connectivity index (χ4n) is 1.03. The van der Waals surface area contributed by atoms with Gasteiger partial charge in [-0.3, -0.25) is 4.79 Å². The van der Waals surface area contributed by atoms with Crippen LogP contribution < -0.4 is 5.32 Å². The Kier molecular flexibility index (Phi) is 6.34. The van der Waals surface area contributed by atoms with Gasteiger partial charge in [0.15, 0.2) is 0 Å². The maximum Gasteiger partial charge on any atom is 0.269 e. The maximum absolute atomic E-state index is 11.2. The number of hydrogen-bond donors (Lipinski definition) is 1. The molecule has 0 bridgehead atoms. The van der Waals surface area contributed by atoms with Crippen molar-refractivity contribution in [3.8, 4) is 0 Å². The number of carbonyl (C=O) groups is 1. The van der Waals surface area contributed by atoms with E-state index < -0.39 is 0 Å². The third-order valence-corrected chi connectivity index (χ3v) is 1.82. The molecule has 0 unspecified atom stereocenters. The van der Waals surface area contributed by atoms with Gasteiger partial charge in [-0.1, -0.05) is 33.8 Å². The number of nitrogens with one attached hydrogen (secondary N) is 1. The Hall–Kier alpha value is -1.38. The van der Waals surface area contributed by atoms with Crippen LogP contribution in [0.4, 0.5) is 0 Å². The van der Waals surface area contributed by atoms with E-state index >= 15 is 0 Å². The summed E-state index contributed by atoms with van der Waals surface area (Å²) in [7, 11) is 1.60. The number of hydrogen-bond acceptors (Lipinski definition) is 2. The van der Waals surface area contributed by atoms with Crippen molar-refractivity contribution in [2.45, 2.75) is 33.6 Å². The molecule has 0 fully saturated rings. The van der Waals surface area contributed by atoms with Crippen LogP contribution in [0.1, 0.15) is 49.8 Å². The number of nitrogens with zero attached hydrogens (tertiary/aromatic N) is 1. The van der Waals surface area contributed by atoms with E-state index in [9.17, 15) is 4.79 Å². The molecule has 0 aromatic carbocycles. The minimum Gasteiger partial charge on any atom is -0.354 e. The van der Waals surface area contributed by atoms with Gasteiger partial charge in [0.05, 0.1) is 0 Å². The molecule has 1 aromatic heterocycles. The second-order valence-corrected chi connectivity index (χ2v) is 3.18. The average Bonchev–Trinajstić information content (AvgIpc) is 2.30. The molecular weight excluding hydrogens is 188 g/mol. The molecule has 84 valence electrons. The Morgan fingerprint density at radius 1 is 1.33 bits per heavy atom. The number of carbonyl (C=O) groups excluding carboxylic acids is 1. The standard InChI is InChI=1S/C10H14N2O.C2H6/c1-7(2)8-5-4-6-9(12-8)10(13)11-3;1-2/h4-7H,1-3H3,(H,11,13);1-2H3. The summed E-state index contributed by atoms with van der Waals surface area (Å²) in [4.78, 5) is 15.4. The summed E-state index contributed by atoms with van der Waals surface area (Å²) >= 11 is 0. The molecule has 3 heteroatoms. The molecule has 1 amide bonds. The summed E-state index contributed by atoms with van der Waals surface area (Å²) < 4.78 is 0. The van der Waals surface area contributed by atoms with Crippen LogP contribution in [0.5, 0.6) is 0 Å². The van der Waals surface area contributed by atoms with Gasteiger partial charge in [-0.2, -0.15) is 0 Å². The molecule has 0 spiro atoms. The first kappa shape index (κ1) is 13.6. The molecule has 0 radical (unpaired) electrons. The first-order chi connectivity index (χ1) is 7.15. The molecule has 1 aromatic rings. The van der Waals surface area contributed by atoms with Crippen molar-refractivity contribution in [1.29, 1.82) is 0 Å². The summed E-state index contributed by atoms with van der Waals surface area (Å²) in [6, 6.07) is 5.49. The van der Waals surface area contributed by atoms with Crippen LogP contribution in [-0.2, 0) is 0 Å². The third kappa shape index (κ3) is 4.11. The molecule has 0 aliphatic carbocycles. The minimum atomic E-state index is -0.137. The quantitative estimate of drug-likeness (QED) is 0.811. The largest absolute Gasteiger partial charge is 0.354 e. The van der Waals surface area contributed by atoms with Crippen LogP contribution in [0.25, 0.3) is 0 Å². The molecule has 1 rings (SSSR count). The Labute approximate surface area is 91.9 Å². The van der Waals surface area contributed by atoms with Gasteiger partial charge in [0.2, 0.25) is 0 Å². The van der Waals surface area contributed by atoms with Crippen molar-refractivity contribution in [2.75, 3.05) is 7.05 Å². The Morgan fingerprint density at radius 2 is 1.93 bits per heavy atom. The van der Waals surface area contributed by atoms with E-state index in [0.717, 1.165) is 5.69 Å². The smallest absolute Gasteiger partial charge is 0.269 e. The van der Waals surface area contributed by atoms with Gasteiger partial charge < -0.3 is 5.32 Å². The summed E-state index contributed by atoms with van der Waals surface area (Å²) in [5, 5.41) is 2.55. The molecule has 0 aliphatic rings. The highest BCUT2D eigenvalue weighted by Crippen LogP contribution is 2.11. The monoisotopic (exact) mass is 208 g/mol. The minimum absolute atomic E-state index is 0.137. The van der Waals surface area contributed by atoms with Crippen molar-refractivity contribution in [3.63, 3.8) is 0 Å². The molecule has 0 saturated heterocycles. The van der Waals surface area contributed by atoms with E-state index in [1.807, 2.05) is 26.0 Å². The van der Waals surface area contributed by atoms with Gasteiger partial charge in [-0.25, -0.2) is 4.98 Å². The highest BCUT2D eigenvalue weighted by atomic mass is 16.1. The van der Waals surface area contributed by atoms with E-state index in [0.29, 0.717) is 11.6 Å². The SMILES string of the molecule is CC.CNC(=O)c1cccc(C(C)C)n1. The molecular formula is C12H20N2O. The van der Waals surface area contributed by atoms with Crippen molar-refractivity contribution in [1.82, 2.24) is 10.3 Å². The van der Waals surface area contributed by atoms with E-state index in [1.165, 1.54) is 0 Å². The van der Waals surface area contributed by atoms with Crippen molar-refractivity contribution in [2.24, 2.45) is 0 Å². The van der Waals surface area contributed by atoms with Gasteiger partial charge in [0, 0.05) is 12.7 Å². The lowest BCUT2D eigenvalue weighted by Gasteiger charge is -2.05. The topological polar surface area (TPSA) is 42.0 Å². The van der Waals surface area contributed by atoms with Gasteiger partial charge in [0.1, 0.15) is 5.69 Å². The molecule has 0 atom stereocenters. The second-order valence-electron chi connectivity index (χ2n) is 3.18. The second kappa shape index (κ2) is 6.98. The first-order valence-electron chi connectivity index (χ1n) is 5.34. The number of rotatable bonds is 2. The fraction of sp³-hybridized carbons (Fsp3) is 0.500. The highest BCUT2D eigenvalue weighted by molar-refractivity contribution is 5.91. The zero-order valence-electron chi connectivity index (χ0n) is 10.2. The molecule has 1 N–H and O–H groups in total. The van der Waals surface area contributed by atoms with Crippen molar-refractivity contribution < 1.29 is 4.79 Å². The summed E-state index contributed by atoms with van der Waals surface area (Å²) in [6.45, 7) is 8.10. The zero-order valence-corrected chi connectivity index (χ0v) is 10.2.